The zero-order valence-electron chi connectivity index (χ0n) is 14.7. The minimum Gasteiger partial charge on any atom is -0.369 e. The number of benzene rings is 2. The number of carbonyl (C=O) groups excluding carboxylic acids is 1. The second kappa shape index (κ2) is 7.14. The number of hydrogen-bond donors (Lipinski definition) is 1. The van der Waals surface area contributed by atoms with Crippen LogP contribution in [0.5, 0.6) is 0 Å². The summed E-state index contributed by atoms with van der Waals surface area (Å²) in [5.41, 5.74) is 6.38. The number of carbonyl (C=O) groups is 1. The van der Waals surface area contributed by atoms with Gasteiger partial charge in [0.05, 0.1) is 5.41 Å². The summed E-state index contributed by atoms with van der Waals surface area (Å²) in [5, 5.41) is 2.28. The fourth-order valence-corrected chi connectivity index (χ4v) is 3.41. The topological polar surface area (TPSA) is 46.3 Å². The van der Waals surface area contributed by atoms with Crippen LogP contribution < -0.4 is 5.73 Å². The normalized spacial score (nSPS) is 14.3. The summed E-state index contributed by atoms with van der Waals surface area (Å²) in [5.74, 6) is -0.0931. The molecule has 0 aromatic heterocycles. The average molecular weight is 312 g/mol. The van der Waals surface area contributed by atoms with Gasteiger partial charge in [0.2, 0.25) is 5.91 Å². The molecular weight excluding hydrogens is 284 g/mol. The van der Waals surface area contributed by atoms with E-state index in [1.165, 1.54) is 0 Å². The molecule has 0 bridgehead atoms. The molecule has 124 valence electrons. The zero-order valence-corrected chi connectivity index (χ0v) is 14.7. The maximum absolute atomic E-state index is 12.6. The number of nitrogens with two attached hydrogens (primary N) is 1. The quantitative estimate of drug-likeness (QED) is 0.849. The number of hydrogen-bond acceptors (Lipinski definition) is 2. The summed E-state index contributed by atoms with van der Waals surface area (Å²) in [4.78, 5) is 14.8. The van der Waals surface area contributed by atoms with E-state index in [4.69, 9.17) is 5.73 Å². The molecule has 0 unspecified atom stereocenters. The van der Waals surface area contributed by atoms with Gasteiger partial charge in [0, 0.05) is 0 Å². The Morgan fingerprint density at radius 2 is 1.83 bits per heavy atom. The lowest BCUT2D eigenvalue weighted by molar-refractivity contribution is -0.125. The first-order valence-electron chi connectivity index (χ1n) is 8.40. The minimum atomic E-state index is -0.649. The van der Waals surface area contributed by atoms with Gasteiger partial charge < -0.3 is 10.6 Å². The van der Waals surface area contributed by atoms with Crippen molar-refractivity contribution < 1.29 is 4.79 Å². The molecule has 2 aromatic rings. The van der Waals surface area contributed by atoms with Crippen molar-refractivity contribution in [2.24, 2.45) is 11.7 Å². The monoisotopic (exact) mass is 312 g/mol. The van der Waals surface area contributed by atoms with E-state index in [1.54, 1.807) is 0 Å². The van der Waals surface area contributed by atoms with Crippen LogP contribution in [0.3, 0.4) is 0 Å². The van der Waals surface area contributed by atoms with Gasteiger partial charge in [-0.3, -0.25) is 4.79 Å². The molecular formula is C20H28N2O. The Hall–Kier alpha value is -1.87. The van der Waals surface area contributed by atoms with Crippen molar-refractivity contribution in [2.45, 2.75) is 32.6 Å². The van der Waals surface area contributed by atoms with Crippen LogP contribution in [0.2, 0.25) is 0 Å². The van der Waals surface area contributed by atoms with Crippen molar-refractivity contribution in [1.29, 1.82) is 0 Å². The van der Waals surface area contributed by atoms with Crippen LogP contribution in [0.1, 0.15) is 32.8 Å². The van der Waals surface area contributed by atoms with E-state index in [-0.39, 0.29) is 11.8 Å². The van der Waals surface area contributed by atoms with Crippen LogP contribution >= 0.6 is 0 Å². The van der Waals surface area contributed by atoms with E-state index in [1.807, 2.05) is 18.2 Å². The highest BCUT2D eigenvalue weighted by molar-refractivity contribution is 5.95. The molecule has 0 radical (unpaired) electrons. The third-order valence-electron chi connectivity index (χ3n) is 5.12. The van der Waals surface area contributed by atoms with Gasteiger partial charge >= 0.3 is 0 Å². The van der Waals surface area contributed by atoms with Crippen LogP contribution in [0.15, 0.2) is 42.5 Å². The molecule has 2 aromatic carbocycles. The van der Waals surface area contributed by atoms with Gasteiger partial charge in [-0.25, -0.2) is 0 Å². The molecule has 0 aliphatic heterocycles. The summed E-state index contributed by atoms with van der Waals surface area (Å²) in [6.45, 7) is 8.12. The van der Waals surface area contributed by atoms with Crippen molar-refractivity contribution in [2.75, 3.05) is 20.1 Å². The van der Waals surface area contributed by atoms with Gasteiger partial charge in [-0.2, -0.15) is 0 Å². The summed E-state index contributed by atoms with van der Waals surface area (Å²) >= 11 is 0. The minimum absolute atomic E-state index is 0.135. The SMILES string of the molecule is CCN(C)CC[C@](C(N)=O)(c1cccc2ccccc12)C(C)C. The molecule has 0 spiro atoms. The largest absolute Gasteiger partial charge is 0.369 e. The van der Waals surface area contributed by atoms with Crippen LogP contribution in [-0.4, -0.2) is 30.9 Å². The maximum Gasteiger partial charge on any atom is 0.228 e. The standard InChI is InChI=1S/C20H28N2O/c1-5-22(4)14-13-20(15(2)3,19(21)23)18-12-8-10-16-9-6-7-11-17(16)18/h6-12,15H,5,13-14H2,1-4H3,(H2,21,23)/t20-/m1/s1. The summed E-state index contributed by atoms with van der Waals surface area (Å²) in [6, 6.07) is 14.4. The summed E-state index contributed by atoms with van der Waals surface area (Å²) in [7, 11) is 2.08. The van der Waals surface area contributed by atoms with E-state index < -0.39 is 5.41 Å². The number of nitrogens with zero attached hydrogens (tertiary/aromatic N) is 1. The molecule has 0 saturated heterocycles. The first kappa shape index (κ1) is 17.5. The first-order valence-corrected chi connectivity index (χ1v) is 8.40. The van der Waals surface area contributed by atoms with E-state index in [9.17, 15) is 4.79 Å². The van der Waals surface area contributed by atoms with E-state index in [2.05, 4.69) is 57.0 Å². The number of primary amides is 1. The van der Waals surface area contributed by atoms with Gasteiger partial charge in [0.15, 0.2) is 0 Å². The molecule has 0 saturated carbocycles. The summed E-state index contributed by atoms with van der Waals surface area (Å²) < 4.78 is 0. The lowest BCUT2D eigenvalue weighted by Crippen LogP contribution is -2.47. The molecule has 1 atom stereocenters. The zero-order chi connectivity index (χ0) is 17.0. The molecule has 2 N–H and O–H groups in total. The Morgan fingerprint density at radius 3 is 2.43 bits per heavy atom. The lowest BCUT2D eigenvalue weighted by atomic mass is 9.67. The Morgan fingerprint density at radius 1 is 1.17 bits per heavy atom. The van der Waals surface area contributed by atoms with Crippen molar-refractivity contribution in [3.05, 3.63) is 48.0 Å². The van der Waals surface area contributed by atoms with Crippen LogP contribution in [-0.2, 0) is 10.2 Å². The van der Waals surface area contributed by atoms with Crippen molar-refractivity contribution in [1.82, 2.24) is 4.90 Å². The first-order chi connectivity index (χ1) is 10.9. The Kier molecular flexibility index (Phi) is 5.42. The summed E-state index contributed by atoms with van der Waals surface area (Å²) in [6.07, 6.45) is 0.734. The highest BCUT2D eigenvalue weighted by Gasteiger charge is 2.42. The van der Waals surface area contributed by atoms with E-state index in [0.717, 1.165) is 35.8 Å². The van der Waals surface area contributed by atoms with Crippen LogP contribution in [0.4, 0.5) is 0 Å². The Labute approximate surface area is 139 Å². The maximum atomic E-state index is 12.6. The second-order valence-electron chi connectivity index (χ2n) is 6.66. The fourth-order valence-electron chi connectivity index (χ4n) is 3.41. The average Bonchev–Trinajstić information content (AvgIpc) is 2.54. The highest BCUT2D eigenvalue weighted by atomic mass is 16.1. The lowest BCUT2D eigenvalue weighted by Gasteiger charge is -2.37. The predicted octanol–water partition coefficient (Wildman–Crippen LogP) is 3.56. The van der Waals surface area contributed by atoms with Gasteiger partial charge in [0.25, 0.3) is 0 Å². The molecule has 1 amide bonds. The highest BCUT2D eigenvalue weighted by Crippen LogP contribution is 2.39. The number of amides is 1. The third-order valence-corrected chi connectivity index (χ3v) is 5.12. The van der Waals surface area contributed by atoms with Crippen LogP contribution in [0, 0.1) is 5.92 Å². The van der Waals surface area contributed by atoms with Gasteiger partial charge in [-0.05, 0) is 48.8 Å². The molecule has 0 fully saturated rings. The van der Waals surface area contributed by atoms with Gasteiger partial charge in [-0.15, -0.1) is 0 Å². The van der Waals surface area contributed by atoms with Gasteiger partial charge in [0.1, 0.15) is 0 Å². The molecule has 3 heteroatoms. The van der Waals surface area contributed by atoms with E-state index >= 15 is 0 Å². The molecule has 3 nitrogen and oxygen atoms in total. The Bertz CT molecular complexity index is 675. The smallest absolute Gasteiger partial charge is 0.228 e. The van der Waals surface area contributed by atoms with Gasteiger partial charge in [-0.1, -0.05) is 63.2 Å². The predicted molar refractivity (Wildman–Crippen MR) is 97.4 cm³/mol. The molecule has 0 heterocycles. The second-order valence-corrected chi connectivity index (χ2v) is 6.66. The molecule has 0 aliphatic carbocycles. The molecule has 23 heavy (non-hydrogen) atoms. The third kappa shape index (κ3) is 3.25. The fraction of sp³-hybridized carbons (Fsp3) is 0.450. The number of fused-ring (bicyclic) bond motifs is 1. The Balaban J connectivity index is 2.62. The van der Waals surface area contributed by atoms with Crippen molar-refractivity contribution >= 4 is 16.7 Å². The van der Waals surface area contributed by atoms with E-state index in [0.29, 0.717) is 0 Å². The van der Waals surface area contributed by atoms with Crippen molar-refractivity contribution in [3.8, 4) is 0 Å². The van der Waals surface area contributed by atoms with Crippen molar-refractivity contribution in [3.63, 3.8) is 0 Å². The van der Waals surface area contributed by atoms with Crippen LogP contribution in [0.25, 0.3) is 10.8 Å². The molecule has 2 rings (SSSR count). The number of rotatable bonds is 7. The molecule has 0 aliphatic rings.